The largest absolute Gasteiger partial charge is 0.293 e. The van der Waals surface area contributed by atoms with Gasteiger partial charge < -0.3 is 0 Å². The average molecular weight is 769 g/mol. The number of imidazole rings is 1. The lowest BCUT2D eigenvalue weighted by Gasteiger charge is -2.29. The summed E-state index contributed by atoms with van der Waals surface area (Å²) in [6.07, 6.45) is 15.9. The fraction of sp³-hybridized carbons (Fsp3) is 0.121. The van der Waals surface area contributed by atoms with Gasteiger partial charge in [-0.3, -0.25) is 4.57 Å². The summed E-state index contributed by atoms with van der Waals surface area (Å²) in [4.78, 5) is 5.24. The molecule has 0 fully saturated rings. The number of aryl methyl sites for hydroxylation is 1. The van der Waals surface area contributed by atoms with Gasteiger partial charge in [0.2, 0.25) is 0 Å². The quantitative estimate of drug-likeness (QED) is 0.159. The maximum atomic E-state index is 5.24. The van der Waals surface area contributed by atoms with Gasteiger partial charge in [0.05, 0.1) is 11.4 Å². The first-order valence-electron chi connectivity index (χ1n) is 21.4. The number of benzene rings is 8. The molecule has 286 valence electrons. The van der Waals surface area contributed by atoms with Crippen molar-refractivity contribution in [1.82, 2.24) is 9.55 Å². The van der Waals surface area contributed by atoms with Crippen LogP contribution in [-0.4, -0.2) is 9.55 Å². The smallest absolute Gasteiger partial charge is 0.145 e. The highest BCUT2D eigenvalue weighted by atomic mass is 15.1. The summed E-state index contributed by atoms with van der Waals surface area (Å²) < 4.78 is 2.32. The lowest BCUT2D eigenvalue weighted by Crippen LogP contribution is -2.24. The molecule has 0 aliphatic heterocycles. The van der Waals surface area contributed by atoms with Gasteiger partial charge in [-0.05, 0) is 131 Å². The van der Waals surface area contributed by atoms with Crippen LogP contribution in [0.4, 0.5) is 0 Å². The van der Waals surface area contributed by atoms with Crippen LogP contribution in [0.5, 0.6) is 0 Å². The van der Waals surface area contributed by atoms with Crippen molar-refractivity contribution in [3.63, 3.8) is 0 Å². The first kappa shape index (κ1) is 35.0. The molecule has 1 heterocycles. The summed E-state index contributed by atoms with van der Waals surface area (Å²) in [5, 5.41) is 7.77. The second-order valence-corrected chi connectivity index (χ2v) is 17.4. The van der Waals surface area contributed by atoms with E-state index >= 15 is 0 Å². The monoisotopic (exact) mass is 768 g/mol. The molecule has 0 radical (unpaired) electrons. The van der Waals surface area contributed by atoms with E-state index in [1.54, 1.807) is 0 Å². The zero-order valence-electron chi connectivity index (χ0n) is 33.9. The van der Waals surface area contributed by atoms with E-state index in [4.69, 9.17) is 4.98 Å². The van der Waals surface area contributed by atoms with Crippen LogP contribution in [0.15, 0.2) is 188 Å². The van der Waals surface area contributed by atoms with E-state index in [0.29, 0.717) is 11.8 Å². The minimum Gasteiger partial charge on any atom is -0.293 e. The third kappa shape index (κ3) is 5.23. The van der Waals surface area contributed by atoms with Gasteiger partial charge in [-0.25, -0.2) is 4.98 Å². The SMILES string of the molecule is CC1(C)c2cc(-c3c4ccccc4c(-c4ccccc4)c4ccc(-c5ccc(-c6nc7c(n6-c6ccccc6)C=CCC7)cc5)cc34)c3ccccc3c2C2C=CC=CC21. The zero-order chi connectivity index (χ0) is 40.0. The summed E-state index contributed by atoms with van der Waals surface area (Å²) in [6.45, 7) is 4.90. The number of nitrogens with zero attached hydrogens (tertiary/aromatic N) is 2. The number of para-hydroxylation sites is 1. The topological polar surface area (TPSA) is 17.8 Å². The molecule has 0 saturated carbocycles. The number of allylic oxidation sites excluding steroid dienone is 5. The van der Waals surface area contributed by atoms with E-state index in [1.807, 2.05) is 0 Å². The number of hydrogen-bond acceptors (Lipinski definition) is 1. The van der Waals surface area contributed by atoms with Crippen LogP contribution >= 0.6 is 0 Å². The van der Waals surface area contributed by atoms with Crippen molar-refractivity contribution in [3.05, 3.63) is 211 Å². The Kier molecular flexibility index (Phi) is 7.87. The van der Waals surface area contributed by atoms with Crippen LogP contribution in [-0.2, 0) is 11.8 Å². The van der Waals surface area contributed by atoms with E-state index in [1.165, 1.54) is 82.5 Å². The van der Waals surface area contributed by atoms with Gasteiger partial charge in [-0.15, -0.1) is 0 Å². The van der Waals surface area contributed by atoms with Crippen LogP contribution in [0.2, 0.25) is 0 Å². The second kappa shape index (κ2) is 13.5. The molecule has 0 bridgehead atoms. The number of fused-ring (bicyclic) bond motifs is 8. The Hall–Kier alpha value is -7.03. The summed E-state index contributed by atoms with van der Waals surface area (Å²) >= 11 is 0. The van der Waals surface area contributed by atoms with Crippen molar-refractivity contribution in [3.8, 4) is 50.5 Å². The lowest BCUT2D eigenvalue weighted by atomic mass is 9.74. The standard InChI is InChI=1S/C58H44N2/c1-58(2)50-26-14-13-25-47(50)56-43-22-10-9-21-42(43)49(36-51(56)58)55-45-24-12-11-23-44(45)54(38-17-5-3-6-18-38)46-34-33-40(35-48(46)55)37-29-31-39(32-30-37)57-59-52-27-15-16-28-53(52)60(57)41-19-7-4-8-20-41/h3-14,16-26,28-36,47,50H,15,27H2,1-2H3. The average Bonchev–Trinajstić information content (AvgIpc) is 3.81. The normalized spacial score (nSPS) is 17.3. The minimum absolute atomic E-state index is 0.0205. The van der Waals surface area contributed by atoms with Gasteiger partial charge in [0, 0.05) is 17.2 Å². The first-order valence-corrected chi connectivity index (χ1v) is 21.4. The summed E-state index contributed by atoms with van der Waals surface area (Å²) in [5.41, 5.74) is 15.0. The van der Waals surface area contributed by atoms with Crippen molar-refractivity contribution in [1.29, 1.82) is 0 Å². The molecular weight excluding hydrogens is 725 g/mol. The van der Waals surface area contributed by atoms with Crippen molar-refractivity contribution >= 4 is 38.4 Å². The number of rotatable bonds is 5. The highest BCUT2D eigenvalue weighted by Crippen LogP contribution is 2.57. The molecule has 8 aromatic carbocycles. The fourth-order valence-electron chi connectivity index (χ4n) is 10.9. The van der Waals surface area contributed by atoms with E-state index in [2.05, 4.69) is 213 Å². The molecule has 2 nitrogen and oxygen atoms in total. The van der Waals surface area contributed by atoms with Gasteiger partial charge in [0.1, 0.15) is 5.82 Å². The predicted molar refractivity (Wildman–Crippen MR) is 253 cm³/mol. The van der Waals surface area contributed by atoms with Gasteiger partial charge in [-0.2, -0.15) is 0 Å². The van der Waals surface area contributed by atoms with Gasteiger partial charge in [0.25, 0.3) is 0 Å². The van der Waals surface area contributed by atoms with Gasteiger partial charge in [-0.1, -0.05) is 178 Å². The van der Waals surface area contributed by atoms with Crippen LogP contribution in [0.25, 0.3) is 88.8 Å². The van der Waals surface area contributed by atoms with Crippen LogP contribution in [0, 0.1) is 5.92 Å². The lowest BCUT2D eigenvalue weighted by molar-refractivity contribution is 0.394. The second-order valence-electron chi connectivity index (χ2n) is 17.4. The van der Waals surface area contributed by atoms with Crippen LogP contribution in [0.1, 0.15) is 48.7 Å². The molecule has 1 aromatic heterocycles. The van der Waals surface area contributed by atoms with Gasteiger partial charge >= 0.3 is 0 Å². The van der Waals surface area contributed by atoms with Crippen molar-refractivity contribution < 1.29 is 0 Å². The Bertz CT molecular complexity index is 3270. The summed E-state index contributed by atoms with van der Waals surface area (Å²) in [7, 11) is 0. The molecule has 2 heteroatoms. The third-order valence-corrected chi connectivity index (χ3v) is 13.7. The van der Waals surface area contributed by atoms with Crippen molar-refractivity contribution in [2.24, 2.45) is 5.92 Å². The molecule has 2 atom stereocenters. The number of aromatic nitrogens is 2. The maximum Gasteiger partial charge on any atom is 0.145 e. The van der Waals surface area contributed by atoms with E-state index < -0.39 is 0 Å². The molecule has 12 rings (SSSR count). The Morgan fingerprint density at radius 1 is 0.550 bits per heavy atom. The van der Waals surface area contributed by atoms with Crippen molar-refractivity contribution in [2.45, 2.75) is 38.0 Å². The number of hydrogen-bond donors (Lipinski definition) is 0. The molecular formula is C58H44N2. The van der Waals surface area contributed by atoms with E-state index in [9.17, 15) is 0 Å². The Labute approximate surface area is 351 Å². The summed E-state index contributed by atoms with van der Waals surface area (Å²) in [6, 6.07) is 58.7. The molecule has 3 aliphatic rings. The third-order valence-electron chi connectivity index (χ3n) is 13.7. The predicted octanol–water partition coefficient (Wildman–Crippen LogP) is 15.1. The van der Waals surface area contributed by atoms with Crippen LogP contribution < -0.4 is 0 Å². The molecule has 0 saturated heterocycles. The molecule has 9 aromatic rings. The summed E-state index contributed by atoms with van der Waals surface area (Å²) in [5.74, 6) is 1.78. The molecule has 0 N–H and O–H groups in total. The zero-order valence-corrected chi connectivity index (χ0v) is 33.9. The maximum absolute atomic E-state index is 5.24. The highest BCUT2D eigenvalue weighted by molar-refractivity contribution is 6.24. The molecule has 3 aliphatic carbocycles. The van der Waals surface area contributed by atoms with E-state index in [0.717, 1.165) is 35.6 Å². The molecule has 60 heavy (non-hydrogen) atoms. The van der Waals surface area contributed by atoms with Gasteiger partial charge in [0.15, 0.2) is 0 Å². The van der Waals surface area contributed by atoms with Crippen LogP contribution in [0.3, 0.4) is 0 Å². The molecule has 2 unspecified atom stereocenters. The van der Waals surface area contributed by atoms with E-state index in [-0.39, 0.29) is 5.41 Å². The fourth-order valence-corrected chi connectivity index (χ4v) is 10.9. The Morgan fingerprint density at radius 2 is 1.18 bits per heavy atom. The van der Waals surface area contributed by atoms with Crippen molar-refractivity contribution in [2.75, 3.05) is 0 Å². The minimum atomic E-state index is -0.0205. The molecule has 0 amide bonds. The Morgan fingerprint density at radius 3 is 1.97 bits per heavy atom. The Balaban J connectivity index is 1.10. The molecule has 0 spiro atoms. The highest BCUT2D eigenvalue weighted by Gasteiger charge is 2.45. The first-order chi connectivity index (χ1) is 29.5.